The van der Waals surface area contributed by atoms with E-state index < -0.39 is 0 Å². The number of amides is 1. The lowest BCUT2D eigenvalue weighted by atomic mass is 10.2. The van der Waals surface area contributed by atoms with Crippen LogP contribution in [0.1, 0.15) is 27.5 Å². The molecule has 1 aliphatic rings. The largest absolute Gasteiger partial charge is 0.334 e. The number of alkyl halides is 1. The molecule has 0 bridgehead atoms. The first-order valence-electron chi connectivity index (χ1n) is 5.01. The first kappa shape index (κ1) is 11.1. The summed E-state index contributed by atoms with van der Waals surface area (Å²) in [5.74, 6) is 0.141. The molecule has 3 nitrogen and oxygen atoms in total. The van der Waals surface area contributed by atoms with Gasteiger partial charge in [-0.2, -0.15) is 0 Å². The molecule has 0 radical (unpaired) electrons. The molecule has 0 aliphatic carbocycles. The van der Waals surface area contributed by atoms with Crippen molar-refractivity contribution >= 4 is 33.2 Å². The molecule has 15 heavy (non-hydrogen) atoms. The second-order valence-electron chi connectivity index (χ2n) is 3.69. The third-order valence-electron chi connectivity index (χ3n) is 2.65. The molecule has 1 saturated heterocycles. The van der Waals surface area contributed by atoms with Crippen LogP contribution in [0, 0.1) is 6.92 Å². The number of hydrogen-bond acceptors (Lipinski definition) is 3. The van der Waals surface area contributed by atoms with Crippen molar-refractivity contribution in [2.45, 2.75) is 25.8 Å². The van der Waals surface area contributed by atoms with Crippen LogP contribution in [0.4, 0.5) is 0 Å². The highest BCUT2D eigenvalue weighted by atomic mass is 79.9. The maximum atomic E-state index is 12.1. The Bertz CT molecular complexity index is 366. The van der Waals surface area contributed by atoms with Crippen LogP contribution in [0.5, 0.6) is 0 Å². The fourth-order valence-electron chi connectivity index (χ4n) is 1.87. The molecule has 0 aromatic carbocycles. The molecular weight excluding hydrogens is 276 g/mol. The zero-order valence-electron chi connectivity index (χ0n) is 8.57. The molecule has 1 amide bonds. The number of rotatable bonds is 2. The van der Waals surface area contributed by atoms with E-state index in [1.54, 1.807) is 6.20 Å². The first-order valence-corrected chi connectivity index (χ1v) is 6.95. The van der Waals surface area contributed by atoms with Crippen LogP contribution in [-0.4, -0.2) is 33.7 Å². The SMILES string of the molecule is Cc1ncc(C(=O)N2CCCC2CBr)s1. The van der Waals surface area contributed by atoms with E-state index in [1.165, 1.54) is 11.3 Å². The van der Waals surface area contributed by atoms with Gasteiger partial charge in [0, 0.05) is 17.9 Å². The first-order chi connectivity index (χ1) is 7.22. The summed E-state index contributed by atoms with van der Waals surface area (Å²) in [5, 5.41) is 1.82. The minimum Gasteiger partial charge on any atom is -0.334 e. The molecule has 0 spiro atoms. The van der Waals surface area contributed by atoms with E-state index in [9.17, 15) is 4.79 Å². The average molecular weight is 289 g/mol. The fourth-order valence-corrected chi connectivity index (χ4v) is 3.27. The average Bonchev–Trinajstić information content (AvgIpc) is 2.84. The van der Waals surface area contributed by atoms with E-state index in [1.807, 2.05) is 11.8 Å². The number of carbonyl (C=O) groups is 1. The number of halogens is 1. The predicted molar refractivity (Wildman–Crippen MR) is 64.7 cm³/mol. The highest BCUT2D eigenvalue weighted by molar-refractivity contribution is 9.09. The second kappa shape index (κ2) is 4.61. The minimum atomic E-state index is 0.141. The van der Waals surface area contributed by atoms with E-state index in [4.69, 9.17) is 0 Å². The van der Waals surface area contributed by atoms with Gasteiger partial charge in [0.2, 0.25) is 0 Å². The van der Waals surface area contributed by atoms with Gasteiger partial charge in [0.1, 0.15) is 4.88 Å². The van der Waals surface area contributed by atoms with E-state index in [-0.39, 0.29) is 5.91 Å². The third kappa shape index (κ3) is 2.23. The Kier molecular flexibility index (Phi) is 3.41. The van der Waals surface area contributed by atoms with E-state index >= 15 is 0 Å². The summed E-state index contributed by atoms with van der Waals surface area (Å²) in [6, 6.07) is 0.361. The molecule has 5 heteroatoms. The lowest BCUT2D eigenvalue weighted by molar-refractivity contribution is 0.0755. The van der Waals surface area contributed by atoms with Crippen LogP contribution in [0.15, 0.2) is 6.20 Å². The van der Waals surface area contributed by atoms with Crippen LogP contribution < -0.4 is 0 Å². The predicted octanol–water partition coefficient (Wildman–Crippen LogP) is 2.45. The van der Waals surface area contributed by atoms with Crippen LogP contribution in [0.3, 0.4) is 0 Å². The Morgan fingerprint density at radius 2 is 2.60 bits per heavy atom. The van der Waals surface area contributed by atoms with Gasteiger partial charge in [0.25, 0.3) is 5.91 Å². The second-order valence-corrected chi connectivity index (χ2v) is 5.57. The number of aryl methyl sites for hydroxylation is 1. The smallest absolute Gasteiger partial charge is 0.265 e. The zero-order valence-corrected chi connectivity index (χ0v) is 11.0. The van der Waals surface area contributed by atoms with Gasteiger partial charge in [-0.15, -0.1) is 11.3 Å². The Balaban J connectivity index is 2.13. The molecule has 1 aromatic heterocycles. The van der Waals surface area contributed by atoms with E-state index in [0.29, 0.717) is 6.04 Å². The molecule has 1 fully saturated rings. The number of aromatic nitrogens is 1. The summed E-state index contributed by atoms with van der Waals surface area (Å²) in [4.78, 5) is 18.9. The quantitative estimate of drug-likeness (QED) is 0.784. The summed E-state index contributed by atoms with van der Waals surface area (Å²) in [5.41, 5.74) is 0. The van der Waals surface area contributed by atoms with Crippen LogP contribution in [-0.2, 0) is 0 Å². The van der Waals surface area contributed by atoms with Gasteiger partial charge in [-0.1, -0.05) is 15.9 Å². The normalized spacial score (nSPS) is 20.9. The standard InChI is InChI=1S/C10H13BrN2OS/c1-7-12-6-9(15-7)10(14)13-4-2-3-8(13)5-11/h6,8H,2-5H2,1H3. The summed E-state index contributed by atoms with van der Waals surface area (Å²) in [6.45, 7) is 2.81. The number of carbonyl (C=O) groups excluding carboxylic acids is 1. The molecule has 1 aliphatic heterocycles. The molecule has 1 unspecified atom stereocenters. The molecule has 82 valence electrons. The summed E-state index contributed by atoms with van der Waals surface area (Å²) in [6.07, 6.45) is 3.90. The van der Waals surface area contributed by atoms with Crippen molar-refractivity contribution in [2.24, 2.45) is 0 Å². The lowest BCUT2D eigenvalue weighted by Gasteiger charge is -2.21. The number of nitrogens with zero attached hydrogens (tertiary/aromatic N) is 2. The van der Waals surface area contributed by atoms with Crippen LogP contribution in [0.2, 0.25) is 0 Å². The topological polar surface area (TPSA) is 33.2 Å². The lowest BCUT2D eigenvalue weighted by Crippen LogP contribution is -2.35. The minimum absolute atomic E-state index is 0.141. The Hall–Kier alpha value is -0.420. The van der Waals surface area contributed by atoms with Gasteiger partial charge in [-0.25, -0.2) is 4.98 Å². The van der Waals surface area contributed by atoms with E-state index in [2.05, 4.69) is 20.9 Å². The molecule has 0 N–H and O–H groups in total. The Labute approximate surface area is 102 Å². The Morgan fingerprint density at radius 3 is 3.20 bits per heavy atom. The molecule has 2 heterocycles. The van der Waals surface area contributed by atoms with Gasteiger partial charge < -0.3 is 4.90 Å². The fraction of sp³-hybridized carbons (Fsp3) is 0.600. The van der Waals surface area contributed by atoms with Crippen molar-refractivity contribution < 1.29 is 4.79 Å². The van der Waals surface area contributed by atoms with E-state index in [0.717, 1.165) is 34.6 Å². The van der Waals surface area contributed by atoms with Crippen molar-refractivity contribution in [3.8, 4) is 0 Å². The highest BCUT2D eigenvalue weighted by Gasteiger charge is 2.29. The van der Waals surface area contributed by atoms with Crippen LogP contribution in [0.25, 0.3) is 0 Å². The van der Waals surface area contributed by atoms with Crippen molar-refractivity contribution in [3.63, 3.8) is 0 Å². The van der Waals surface area contributed by atoms with Crippen LogP contribution >= 0.6 is 27.3 Å². The monoisotopic (exact) mass is 288 g/mol. The molecule has 0 saturated carbocycles. The summed E-state index contributed by atoms with van der Waals surface area (Å²) >= 11 is 4.93. The molecule has 1 aromatic rings. The zero-order chi connectivity index (χ0) is 10.8. The maximum Gasteiger partial charge on any atom is 0.265 e. The Morgan fingerprint density at radius 1 is 1.80 bits per heavy atom. The van der Waals surface area contributed by atoms with Crippen molar-refractivity contribution in [1.29, 1.82) is 0 Å². The number of thiazole rings is 1. The third-order valence-corrected chi connectivity index (χ3v) is 4.30. The van der Waals surface area contributed by atoms with Gasteiger partial charge in [-0.3, -0.25) is 4.79 Å². The molecular formula is C10H13BrN2OS. The summed E-state index contributed by atoms with van der Waals surface area (Å²) < 4.78 is 0. The van der Waals surface area contributed by atoms with Crippen molar-refractivity contribution in [3.05, 3.63) is 16.1 Å². The molecule has 1 atom stereocenters. The molecule has 2 rings (SSSR count). The van der Waals surface area contributed by atoms with Gasteiger partial charge in [0.05, 0.1) is 11.2 Å². The summed E-state index contributed by atoms with van der Waals surface area (Å²) in [7, 11) is 0. The van der Waals surface area contributed by atoms with Gasteiger partial charge in [-0.05, 0) is 19.8 Å². The van der Waals surface area contributed by atoms with Gasteiger partial charge >= 0.3 is 0 Å². The maximum absolute atomic E-state index is 12.1. The van der Waals surface area contributed by atoms with Crippen molar-refractivity contribution in [1.82, 2.24) is 9.88 Å². The number of hydrogen-bond donors (Lipinski definition) is 0. The number of likely N-dealkylation sites (tertiary alicyclic amines) is 1. The van der Waals surface area contributed by atoms with Gasteiger partial charge in [0.15, 0.2) is 0 Å². The van der Waals surface area contributed by atoms with Crippen molar-refractivity contribution in [2.75, 3.05) is 11.9 Å². The highest BCUT2D eigenvalue weighted by Crippen LogP contribution is 2.23.